The second-order valence-corrected chi connectivity index (χ2v) is 5.69. The smallest absolute Gasteiger partial charge is 0.310 e. The van der Waals surface area contributed by atoms with Crippen molar-refractivity contribution in [3.05, 3.63) is 51.5 Å². The van der Waals surface area contributed by atoms with Gasteiger partial charge in [0.1, 0.15) is 22.3 Å². The largest absolute Gasteiger partial charge is 0.508 e. The fraction of sp³-hybridized carbons (Fsp3) is 0.235. The van der Waals surface area contributed by atoms with Crippen LogP contribution in [0.1, 0.15) is 18.1 Å². The maximum Gasteiger partial charge on any atom is 0.310 e. The van der Waals surface area contributed by atoms with E-state index in [-0.39, 0.29) is 47.1 Å². The van der Waals surface area contributed by atoms with Crippen molar-refractivity contribution in [3.63, 3.8) is 0 Å². The van der Waals surface area contributed by atoms with Crippen molar-refractivity contribution >= 4 is 41.6 Å². The number of esters is 1. The molecule has 3 N–H and O–H groups in total. The van der Waals surface area contributed by atoms with Gasteiger partial charge in [-0.2, -0.15) is 0 Å². The second-order valence-electron chi connectivity index (χ2n) is 4.93. The molecular weight excluding hydrogens is 389 g/mol. The van der Waals surface area contributed by atoms with E-state index >= 15 is 0 Å². The summed E-state index contributed by atoms with van der Waals surface area (Å²) in [5.41, 5.74) is 6.66. The number of nitrogens with two attached hydrogens (primary N) is 1. The number of halogens is 3. The number of hydrogen-bond donors (Lipinski definition) is 2. The van der Waals surface area contributed by atoms with Crippen LogP contribution < -0.4 is 10.5 Å². The summed E-state index contributed by atoms with van der Waals surface area (Å²) < 4.78 is 10.6. The first-order valence-electron chi connectivity index (χ1n) is 7.28. The molecule has 0 fully saturated rings. The fourth-order valence-corrected chi connectivity index (χ4v) is 2.52. The van der Waals surface area contributed by atoms with Gasteiger partial charge in [-0.05, 0) is 36.8 Å². The summed E-state index contributed by atoms with van der Waals surface area (Å²) in [5, 5.41) is 10.1. The van der Waals surface area contributed by atoms with Gasteiger partial charge in [0.25, 0.3) is 0 Å². The second kappa shape index (κ2) is 9.73. The van der Waals surface area contributed by atoms with Gasteiger partial charge in [-0.1, -0.05) is 29.3 Å². The Bertz CT molecular complexity index is 753. The van der Waals surface area contributed by atoms with Crippen LogP contribution in [0, 0.1) is 0 Å². The first-order valence-corrected chi connectivity index (χ1v) is 8.04. The summed E-state index contributed by atoms with van der Waals surface area (Å²) in [5.74, 6) is 0.515. The predicted molar refractivity (Wildman–Crippen MR) is 100 cm³/mol. The Kier molecular flexibility index (Phi) is 8.32. The molecule has 0 aromatic heterocycles. The number of rotatable bonds is 6. The lowest BCUT2D eigenvalue weighted by Crippen LogP contribution is -2.08. The van der Waals surface area contributed by atoms with Gasteiger partial charge in [-0.25, -0.2) is 0 Å². The zero-order chi connectivity index (χ0) is 17.7. The molecule has 0 unspecified atom stereocenters. The molecule has 2 aromatic rings. The van der Waals surface area contributed by atoms with E-state index in [0.717, 1.165) is 0 Å². The highest BCUT2D eigenvalue weighted by atomic mass is 35.5. The molecule has 0 saturated heterocycles. The normalized spacial score (nSPS) is 10.1. The highest BCUT2D eigenvalue weighted by molar-refractivity contribution is 6.43. The third-order valence-corrected chi connectivity index (χ3v) is 4.17. The summed E-state index contributed by atoms with van der Waals surface area (Å²) in [7, 11) is 0. The number of carbonyl (C=O) groups is 1. The van der Waals surface area contributed by atoms with Gasteiger partial charge in [0.2, 0.25) is 0 Å². The van der Waals surface area contributed by atoms with Crippen molar-refractivity contribution in [2.45, 2.75) is 19.9 Å². The average Bonchev–Trinajstić information content (AvgIpc) is 2.56. The van der Waals surface area contributed by atoms with Crippen molar-refractivity contribution in [2.75, 3.05) is 6.61 Å². The molecule has 8 heteroatoms. The van der Waals surface area contributed by atoms with Crippen LogP contribution in [0.5, 0.6) is 17.2 Å². The van der Waals surface area contributed by atoms with Gasteiger partial charge >= 0.3 is 5.97 Å². The Morgan fingerprint density at radius 3 is 2.52 bits per heavy atom. The molecule has 0 atom stereocenters. The maximum absolute atomic E-state index is 11.6. The zero-order valence-electron chi connectivity index (χ0n) is 13.4. The SMILES string of the molecule is CCOC(=O)Cc1ccc(Oc2ccc(O)c(CN)c2)c(Cl)c1Cl.Cl. The quantitative estimate of drug-likeness (QED) is 0.691. The minimum absolute atomic E-state index is 0. The van der Waals surface area contributed by atoms with E-state index in [1.54, 1.807) is 31.2 Å². The first kappa shape index (κ1) is 21.4. The summed E-state index contributed by atoms with van der Waals surface area (Å²) in [6.07, 6.45) is 0.0310. The summed E-state index contributed by atoms with van der Waals surface area (Å²) >= 11 is 12.4. The molecule has 0 spiro atoms. The lowest BCUT2D eigenvalue weighted by molar-refractivity contribution is -0.142. The van der Waals surface area contributed by atoms with Crippen LogP contribution in [0.4, 0.5) is 0 Å². The molecule has 0 heterocycles. The fourth-order valence-electron chi connectivity index (χ4n) is 2.07. The van der Waals surface area contributed by atoms with E-state index in [4.69, 9.17) is 38.4 Å². The van der Waals surface area contributed by atoms with Crippen LogP contribution in [0.15, 0.2) is 30.3 Å². The van der Waals surface area contributed by atoms with Crippen LogP contribution in [0.3, 0.4) is 0 Å². The lowest BCUT2D eigenvalue weighted by Gasteiger charge is -2.12. The van der Waals surface area contributed by atoms with Crippen molar-refractivity contribution < 1.29 is 19.4 Å². The molecule has 0 amide bonds. The number of carbonyl (C=O) groups excluding carboxylic acids is 1. The molecule has 2 aromatic carbocycles. The lowest BCUT2D eigenvalue weighted by atomic mass is 10.1. The van der Waals surface area contributed by atoms with E-state index < -0.39 is 0 Å². The van der Waals surface area contributed by atoms with E-state index in [0.29, 0.717) is 29.2 Å². The zero-order valence-corrected chi connectivity index (χ0v) is 15.7. The average molecular weight is 407 g/mol. The topological polar surface area (TPSA) is 81.8 Å². The van der Waals surface area contributed by atoms with E-state index in [1.807, 2.05) is 0 Å². The molecule has 0 aliphatic carbocycles. The number of hydrogen-bond acceptors (Lipinski definition) is 5. The minimum Gasteiger partial charge on any atom is -0.508 e. The molecule has 0 aliphatic heterocycles. The van der Waals surface area contributed by atoms with E-state index in [1.165, 1.54) is 6.07 Å². The first-order chi connectivity index (χ1) is 11.5. The number of phenolic OH excluding ortho intramolecular Hbond substituents is 1. The van der Waals surface area contributed by atoms with Gasteiger partial charge in [0.15, 0.2) is 0 Å². The summed E-state index contributed by atoms with van der Waals surface area (Å²) in [6.45, 7) is 2.21. The van der Waals surface area contributed by atoms with Crippen LogP contribution in [0.25, 0.3) is 0 Å². The summed E-state index contributed by atoms with van der Waals surface area (Å²) in [4.78, 5) is 11.6. The van der Waals surface area contributed by atoms with Gasteiger partial charge in [0, 0.05) is 12.1 Å². The molecule has 0 bridgehead atoms. The van der Waals surface area contributed by atoms with Gasteiger partial charge in [-0.3, -0.25) is 4.79 Å². The van der Waals surface area contributed by atoms with E-state index in [9.17, 15) is 9.90 Å². The molecule has 0 radical (unpaired) electrons. The Morgan fingerprint density at radius 1 is 1.16 bits per heavy atom. The maximum atomic E-state index is 11.6. The van der Waals surface area contributed by atoms with Crippen molar-refractivity contribution in [3.8, 4) is 17.2 Å². The van der Waals surface area contributed by atoms with Gasteiger partial charge in [0.05, 0.1) is 18.1 Å². The number of ether oxygens (including phenoxy) is 2. The van der Waals surface area contributed by atoms with Crippen molar-refractivity contribution in [1.82, 2.24) is 0 Å². The Labute approximate surface area is 162 Å². The predicted octanol–water partition coefficient (Wildman–Crippen LogP) is 4.48. The molecule has 0 saturated carbocycles. The van der Waals surface area contributed by atoms with Crippen LogP contribution >= 0.6 is 35.6 Å². The Balaban J connectivity index is 0.00000312. The number of benzene rings is 2. The Morgan fingerprint density at radius 2 is 1.88 bits per heavy atom. The van der Waals surface area contributed by atoms with Crippen LogP contribution in [-0.4, -0.2) is 17.7 Å². The number of aromatic hydroxyl groups is 1. The third kappa shape index (κ3) is 5.41. The van der Waals surface area contributed by atoms with Gasteiger partial charge < -0.3 is 20.3 Å². The van der Waals surface area contributed by atoms with Gasteiger partial charge in [-0.15, -0.1) is 12.4 Å². The van der Waals surface area contributed by atoms with Crippen molar-refractivity contribution in [1.29, 1.82) is 0 Å². The van der Waals surface area contributed by atoms with Crippen LogP contribution in [-0.2, 0) is 22.5 Å². The van der Waals surface area contributed by atoms with E-state index in [2.05, 4.69) is 0 Å². The Hall–Kier alpha value is -1.66. The monoisotopic (exact) mass is 405 g/mol. The number of phenols is 1. The molecule has 5 nitrogen and oxygen atoms in total. The molecule has 2 rings (SSSR count). The van der Waals surface area contributed by atoms with Crippen molar-refractivity contribution in [2.24, 2.45) is 5.73 Å². The molecular formula is C17H18Cl3NO4. The molecule has 136 valence electrons. The summed E-state index contributed by atoms with van der Waals surface area (Å²) in [6, 6.07) is 7.97. The third-order valence-electron chi connectivity index (χ3n) is 3.27. The molecule has 25 heavy (non-hydrogen) atoms. The highest BCUT2D eigenvalue weighted by Gasteiger charge is 2.15. The van der Waals surface area contributed by atoms with Crippen LogP contribution in [0.2, 0.25) is 10.0 Å². The minimum atomic E-state index is -0.379. The molecule has 0 aliphatic rings. The standard InChI is InChI=1S/C17H17Cl2NO4.ClH/c1-2-23-15(22)8-10-3-6-14(17(19)16(10)18)24-12-4-5-13(21)11(7-12)9-20;/h3-7,21H,2,8-9,20H2,1H3;1H. The highest BCUT2D eigenvalue weighted by Crippen LogP contribution is 2.38.